The van der Waals surface area contributed by atoms with E-state index in [1.807, 2.05) is 61.0 Å². The average molecular weight is 402 g/mol. The van der Waals surface area contributed by atoms with E-state index < -0.39 is 0 Å². The molecule has 2 heterocycles. The normalized spacial score (nSPS) is 13.1. The van der Waals surface area contributed by atoms with Crippen LogP contribution in [0.1, 0.15) is 30.5 Å². The van der Waals surface area contributed by atoms with Crippen molar-refractivity contribution < 1.29 is 9.59 Å². The van der Waals surface area contributed by atoms with Gasteiger partial charge in [-0.3, -0.25) is 14.5 Å². The summed E-state index contributed by atoms with van der Waals surface area (Å²) >= 11 is 0. The highest BCUT2D eigenvalue weighted by Crippen LogP contribution is 2.26. The first-order valence-corrected chi connectivity index (χ1v) is 10.3. The second kappa shape index (κ2) is 8.53. The second-order valence-electron chi connectivity index (χ2n) is 7.71. The van der Waals surface area contributed by atoms with Crippen molar-refractivity contribution in [2.45, 2.75) is 39.7 Å². The molecule has 0 unspecified atom stereocenters. The number of anilines is 2. The molecule has 154 valence electrons. The van der Waals surface area contributed by atoms with Crippen LogP contribution >= 0.6 is 0 Å². The summed E-state index contributed by atoms with van der Waals surface area (Å²) in [5.41, 5.74) is 5.02. The van der Waals surface area contributed by atoms with Gasteiger partial charge in [0.2, 0.25) is 11.8 Å². The van der Waals surface area contributed by atoms with Gasteiger partial charge in [0.25, 0.3) is 0 Å². The molecule has 0 saturated carbocycles. The van der Waals surface area contributed by atoms with E-state index >= 15 is 0 Å². The van der Waals surface area contributed by atoms with Gasteiger partial charge in [-0.05, 0) is 49.1 Å². The first kappa shape index (κ1) is 19.9. The fourth-order valence-electron chi connectivity index (χ4n) is 3.92. The van der Waals surface area contributed by atoms with Crippen molar-refractivity contribution in [3.63, 3.8) is 0 Å². The van der Waals surface area contributed by atoms with Crippen molar-refractivity contribution >= 4 is 23.3 Å². The van der Waals surface area contributed by atoms with E-state index in [1.165, 1.54) is 0 Å². The predicted octanol–water partition coefficient (Wildman–Crippen LogP) is 4.32. The number of carbonyl (C=O) groups is 2. The summed E-state index contributed by atoms with van der Waals surface area (Å²) in [7, 11) is 0. The molecular formula is C24H26N4O2. The summed E-state index contributed by atoms with van der Waals surface area (Å²) in [5.74, 6) is 0.634. The first-order valence-electron chi connectivity index (χ1n) is 10.3. The Morgan fingerprint density at radius 3 is 2.57 bits per heavy atom. The Bertz CT molecular complexity index is 1070. The van der Waals surface area contributed by atoms with Crippen molar-refractivity contribution in [3.8, 4) is 11.1 Å². The molecule has 1 aromatic heterocycles. The number of benzene rings is 2. The average Bonchev–Trinajstić information content (AvgIpc) is 3.13. The van der Waals surface area contributed by atoms with Crippen LogP contribution in [0.25, 0.3) is 11.1 Å². The molecule has 30 heavy (non-hydrogen) atoms. The third-order valence-electron chi connectivity index (χ3n) is 5.37. The van der Waals surface area contributed by atoms with Gasteiger partial charge in [-0.1, -0.05) is 36.4 Å². The number of hydrogen-bond acceptors (Lipinski definition) is 3. The first-order chi connectivity index (χ1) is 14.5. The molecule has 1 aliphatic rings. The van der Waals surface area contributed by atoms with Crippen LogP contribution in [-0.2, 0) is 16.1 Å². The van der Waals surface area contributed by atoms with Crippen LogP contribution in [-0.4, -0.2) is 28.1 Å². The zero-order valence-electron chi connectivity index (χ0n) is 17.4. The van der Waals surface area contributed by atoms with E-state index in [2.05, 4.69) is 22.5 Å². The monoisotopic (exact) mass is 402 g/mol. The highest BCUT2D eigenvalue weighted by atomic mass is 16.2. The second-order valence-corrected chi connectivity index (χ2v) is 7.71. The van der Waals surface area contributed by atoms with Gasteiger partial charge in [0.15, 0.2) is 0 Å². The fourth-order valence-corrected chi connectivity index (χ4v) is 3.92. The van der Waals surface area contributed by atoms with E-state index in [4.69, 9.17) is 0 Å². The summed E-state index contributed by atoms with van der Waals surface area (Å²) in [6.45, 7) is 5.45. The minimum absolute atomic E-state index is 0.0402. The number of amides is 2. The molecule has 0 fully saturated rings. The van der Waals surface area contributed by atoms with E-state index in [-0.39, 0.29) is 24.7 Å². The summed E-state index contributed by atoms with van der Waals surface area (Å²) in [4.78, 5) is 26.8. The molecule has 1 aliphatic heterocycles. The van der Waals surface area contributed by atoms with Crippen LogP contribution in [0, 0.1) is 13.8 Å². The number of fused-ring (bicyclic) bond motifs is 1. The molecule has 0 spiro atoms. The standard InChI is InChI=1S/C24H26N4O2/c1-17-15-20(9-10-21(17)19-7-4-3-5-8-19)25-22(29)11-12-24(30)27-13-6-14-28-23(27)16-18(2)26-28/h3-5,7-10,15-16H,6,11-14H2,1-2H3,(H,25,29). The van der Waals surface area contributed by atoms with Crippen molar-refractivity contribution in [1.82, 2.24) is 9.78 Å². The molecule has 1 N–H and O–H groups in total. The highest BCUT2D eigenvalue weighted by molar-refractivity contribution is 5.98. The van der Waals surface area contributed by atoms with Gasteiger partial charge < -0.3 is 5.32 Å². The predicted molar refractivity (Wildman–Crippen MR) is 118 cm³/mol. The van der Waals surface area contributed by atoms with Crippen LogP contribution in [0.4, 0.5) is 11.5 Å². The quantitative estimate of drug-likeness (QED) is 0.691. The van der Waals surface area contributed by atoms with E-state index in [1.54, 1.807) is 4.90 Å². The van der Waals surface area contributed by atoms with Gasteiger partial charge in [0.1, 0.15) is 5.82 Å². The Hall–Kier alpha value is -3.41. The van der Waals surface area contributed by atoms with Gasteiger partial charge in [0, 0.05) is 37.7 Å². The maximum atomic E-state index is 12.7. The van der Waals surface area contributed by atoms with Crippen LogP contribution in [0.15, 0.2) is 54.6 Å². The van der Waals surface area contributed by atoms with Crippen molar-refractivity contribution in [1.29, 1.82) is 0 Å². The van der Waals surface area contributed by atoms with E-state index in [0.717, 1.165) is 46.9 Å². The van der Waals surface area contributed by atoms with Crippen molar-refractivity contribution in [2.24, 2.45) is 0 Å². The molecule has 6 nitrogen and oxygen atoms in total. The van der Waals surface area contributed by atoms with E-state index in [9.17, 15) is 9.59 Å². The number of nitrogens with zero attached hydrogens (tertiary/aromatic N) is 3. The third kappa shape index (κ3) is 4.27. The molecule has 0 radical (unpaired) electrons. The summed E-state index contributed by atoms with van der Waals surface area (Å²) in [6, 6.07) is 18.0. The number of rotatable bonds is 5. The van der Waals surface area contributed by atoms with Gasteiger partial charge >= 0.3 is 0 Å². The molecule has 0 aliphatic carbocycles. The molecule has 6 heteroatoms. The van der Waals surface area contributed by atoms with Crippen LogP contribution in [0.3, 0.4) is 0 Å². The third-order valence-corrected chi connectivity index (χ3v) is 5.37. The Labute approximate surface area is 176 Å². The molecule has 0 saturated heterocycles. The fraction of sp³-hybridized carbons (Fsp3) is 0.292. The summed E-state index contributed by atoms with van der Waals surface area (Å²) < 4.78 is 1.87. The topological polar surface area (TPSA) is 67.2 Å². The SMILES string of the molecule is Cc1cc2n(n1)CCCN2C(=O)CCC(=O)Nc1ccc(-c2ccccc2)c(C)c1. The lowest BCUT2D eigenvalue weighted by Gasteiger charge is -2.27. The number of nitrogens with one attached hydrogen (secondary N) is 1. The Morgan fingerprint density at radius 2 is 1.80 bits per heavy atom. The lowest BCUT2D eigenvalue weighted by molar-refractivity contribution is -0.122. The Kier molecular flexibility index (Phi) is 5.65. The number of carbonyl (C=O) groups excluding carboxylic acids is 2. The summed E-state index contributed by atoms with van der Waals surface area (Å²) in [6.07, 6.45) is 1.21. The Morgan fingerprint density at radius 1 is 1.00 bits per heavy atom. The van der Waals surface area contributed by atoms with Gasteiger partial charge in [-0.25, -0.2) is 4.68 Å². The van der Waals surface area contributed by atoms with Crippen molar-refractivity contribution in [2.75, 3.05) is 16.8 Å². The van der Waals surface area contributed by atoms with Gasteiger partial charge in [0.05, 0.1) is 5.69 Å². The molecule has 2 aromatic carbocycles. The van der Waals surface area contributed by atoms with Crippen molar-refractivity contribution in [3.05, 3.63) is 65.9 Å². The highest BCUT2D eigenvalue weighted by Gasteiger charge is 2.24. The Balaban J connectivity index is 1.35. The number of aromatic nitrogens is 2. The lowest BCUT2D eigenvalue weighted by atomic mass is 10.00. The van der Waals surface area contributed by atoms with Crippen LogP contribution in [0.5, 0.6) is 0 Å². The molecular weight excluding hydrogens is 376 g/mol. The largest absolute Gasteiger partial charge is 0.326 e. The van der Waals surface area contributed by atoms with Crippen LogP contribution in [0.2, 0.25) is 0 Å². The molecule has 2 amide bonds. The van der Waals surface area contributed by atoms with E-state index in [0.29, 0.717) is 6.54 Å². The number of hydrogen-bond donors (Lipinski definition) is 1. The maximum absolute atomic E-state index is 12.7. The van der Waals surface area contributed by atoms with Gasteiger partial charge in [-0.2, -0.15) is 5.10 Å². The molecule has 4 rings (SSSR count). The summed E-state index contributed by atoms with van der Waals surface area (Å²) in [5, 5.41) is 7.33. The molecule has 0 bridgehead atoms. The molecule has 0 atom stereocenters. The zero-order valence-corrected chi connectivity index (χ0v) is 17.4. The smallest absolute Gasteiger partial charge is 0.228 e. The molecule has 3 aromatic rings. The lowest BCUT2D eigenvalue weighted by Crippen LogP contribution is -2.37. The minimum Gasteiger partial charge on any atom is -0.326 e. The number of aryl methyl sites for hydroxylation is 3. The maximum Gasteiger partial charge on any atom is 0.228 e. The van der Waals surface area contributed by atoms with Gasteiger partial charge in [-0.15, -0.1) is 0 Å². The zero-order chi connectivity index (χ0) is 21.1. The minimum atomic E-state index is -0.156. The van der Waals surface area contributed by atoms with Crippen LogP contribution < -0.4 is 10.2 Å².